The number of nitrogens with one attached hydrogen (secondary N) is 1. The van der Waals surface area contributed by atoms with Gasteiger partial charge in [-0.3, -0.25) is 9.59 Å². The third kappa shape index (κ3) is 5.37. The molecule has 168 valence electrons. The standard InChI is InChI=1S/C25H29ClN4O2/c1-17-11-9-10-14-19(17)30-21(15-20(28-30)25(2,3)4)27-22(31)16-29(5)24(32)23(26)18-12-7-6-8-13-18/h6-15,23H,16H2,1-5H3,(H,27,31). The Hall–Kier alpha value is -3.12. The minimum absolute atomic E-state index is 0.126. The molecule has 0 aliphatic rings. The number of benzene rings is 2. The van der Waals surface area contributed by atoms with Crippen molar-refractivity contribution in [1.29, 1.82) is 0 Å². The maximum atomic E-state index is 12.8. The summed E-state index contributed by atoms with van der Waals surface area (Å²) in [5, 5.41) is 6.82. The van der Waals surface area contributed by atoms with Crippen LogP contribution >= 0.6 is 11.6 Å². The molecule has 2 aromatic carbocycles. The molecule has 3 rings (SSSR count). The molecule has 0 saturated carbocycles. The Morgan fingerprint density at radius 2 is 1.72 bits per heavy atom. The summed E-state index contributed by atoms with van der Waals surface area (Å²) in [7, 11) is 1.57. The third-order valence-corrected chi connectivity index (χ3v) is 5.59. The fourth-order valence-corrected chi connectivity index (χ4v) is 3.57. The molecule has 1 atom stereocenters. The van der Waals surface area contributed by atoms with Crippen LogP contribution in [0.25, 0.3) is 5.69 Å². The number of alkyl halides is 1. The van der Waals surface area contributed by atoms with Crippen molar-refractivity contribution in [2.24, 2.45) is 0 Å². The second kappa shape index (κ2) is 9.57. The van der Waals surface area contributed by atoms with E-state index in [2.05, 4.69) is 26.1 Å². The van der Waals surface area contributed by atoms with Crippen LogP contribution in [0.3, 0.4) is 0 Å². The fraction of sp³-hybridized carbons (Fsp3) is 0.320. The van der Waals surface area contributed by atoms with E-state index in [0.29, 0.717) is 11.4 Å². The molecule has 0 aliphatic heterocycles. The van der Waals surface area contributed by atoms with Gasteiger partial charge in [-0.05, 0) is 24.1 Å². The van der Waals surface area contributed by atoms with E-state index in [0.717, 1.165) is 16.9 Å². The molecule has 7 heteroatoms. The molecule has 0 radical (unpaired) electrons. The summed E-state index contributed by atoms with van der Waals surface area (Å²) >= 11 is 6.33. The van der Waals surface area contributed by atoms with Crippen LogP contribution < -0.4 is 5.32 Å². The zero-order valence-electron chi connectivity index (χ0n) is 19.1. The van der Waals surface area contributed by atoms with E-state index in [9.17, 15) is 9.59 Å². The number of nitrogens with zero attached hydrogens (tertiary/aromatic N) is 3. The first-order valence-electron chi connectivity index (χ1n) is 10.5. The number of para-hydroxylation sites is 1. The maximum Gasteiger partial charge on any atom is 0.245 e. The highest BCUT2D eigenvalue weighted by atomic mass is 35.5. The van der Waals surface area contributed by atoms with Crippen molar-refractivity contribution >= 4 is 29.2 Å². The number of rotatable bonds is 6. The molecule has 32 heavy (non-hydrogen) atoms. The normalized spacial score (nSPS) is 12.3. The van der Waals surface area contributed by atoms with E-state index in [1.165, 1.54) is 4.90 Å². The van der Waals surface area contributed by atoms with Crippen molar-refractivity contribution in [2.75, 3.05) is 18.9 Å². The molecule has 1 aromatic heterocycles. The molecule has 3 aromatic rings. The molecule has 0 fully saturated rings. The van der Waals surface area contributed by atoms with Gasteiger partial charge in [0.25, 0.3) is 0 Å². The van der Waals surface area contributed by atoms with Crippen molar-refractivity contribution < 1.29 is 9.59 Å². The van der Waals surface area contributed by atoms with Gasteiger partial charge in [0.05, 0.1) is 17.9 Å². The van der Waals surface area contributed by atoms with Crippen LogP contribution in [0.5, 0.6) is 0 Å². The van der Waals surface area contributed by atoms with E-state index in [4.69, 9.17) is 16.7 Å². The van der Waals surface area contributed by atoms with Gasteiger partial charge in [-0.2, -0.15) is 5.10 Å². The Morgan fingerprint density at radius 1 is 1.09 bits per heavy atom. The first kappa shape index (κ1) is 23.5. The minimum Gasteiger partial charge on any atom is -0.335 e. The van der Waals surface area contributed by atoms with Gasteiger partial charge in [0.1, 0.15) is 11.2 Å². The number of aryl methyl sites for hydroxylation is 1. The predicted molar refractivity (Wildman–Crippen MR) is 128 cm³/mol. The molecule has 1 N–H and O–H groups in total. The predicted octanol–water partition coefficient (Wildman–Crippen LogP) is 4.86. The highest BCUT2D eigenvalue weighted by Gasteiger charge is 2.25. The zero-order valence-corrected chi connectivity index (χ0v) is 19.8. The second-order valence-electron chi connectivity index (χ2n) is 8.88. The quantitative estimate of drug-likeness (QED) is 0.543. The Labute approximate surface area is 194 Å². The summed E-state index contributed by atoms with van der Waals surface area (Å²) in [6, 6.07) is 18.8. The number of carbonyl (C=O) groups excluding carboxylic acids is 2. The molecule has 6 nitrogen and oxygen atoms in total. The smallest absolute Gasteiger partial charge is 0.245 e. The molecule has 0 saturated heterocycles. The Bertz CT molecular complexity index is 1100. The van der Waals surface area contributed by atoms with Crippen LogP contribution in [-0.4, -0.2) is 40.1 Å². The van der Waals surface area contributed by atoms with Gasteiger partial charge in [-0.15, -0.1) is 11.6 Å². The zero-order chi connectivity index (χ0) is 23.5. The van der Waals surface area contributed by atoms with E-state index < -0.39 is 5.38 Å². The van der Waals surface area contributed by atoms with Crippen LogP contribution in [0.1, 0.15) is 43.0 Å². The topological polar surface area (TPSA) is 67.2 Å². The van der Waals surface area contributed by atoms with Crippen LogP contribution in [-0.2, 0) is 15.0 Å². The lowest BCUT2D eigenvalue weighted by Crippen LogP contribution is -2.37. The summed E-state index contributed by atoms with van der Waals surface area (Å²) < 4.78 is 1.74. The molecule has 0 aliphatic carbocycles. The second-order valence-corrected chi connectivity index (χ2v) is 9.32. The van der Waals surface area contributed by atoms with Gasteiger partial charge in [-0.25, -0.2) is 4.68 Å². The number of anilines is 1. The highest BCUT2D eigenvalue weighted by molar-refractivity contribution is 6.30. The number of halogens is 1. The number of hydrogen-bond donors (Lipinski definition) is 1. The van der Waals surface area contributed by atoms with Crippen LogP contribution in [0.15, 0.2) is 60.7 Å². The fourth-order valence-electron chi connectivity index (χ4n) is 3.26. The average Bonchev–Trinajstić information content (AvgIpc) is 3.17. The Balaban J connectivity index is 1.79. The number of likely N-dealkylation sites (N-methyl/N-ethyl adjacent to an activating group) is 1. The van der Waals surface area contributed by atoms with Crippen LogP contribution in [0, 0.1) is 6.92 Å². The molecule has 2 amide bonds. The summed E-state index contributed by atoms with van der Waals surface area (Å²) in [6.45, 7) is 8.08. The van der Waals surface area contributed by atoms with Gasteiger partial charge >= 0.3 is 0 Å². The van der Waals surface area contributed by atoms with Crippen molar-refractivity contribution in [2.45, 2.75) is 38.5 Å². The lowest BCUT2D eigenvalue weighted by Gasteiger charge is -2.20. The molecule has 0 bridgehead atoms. The van der Waals surface area contributed by atoms with E-state index >= 15 is 0 Å². The Kier molecular flexibility index (Phi) is 7.04. The summed E-state index contributed by atoms with van der Waals surface area (Å²) in [5.41, 5.74) is 3.27. The monoisotopic (exact) mass is 452 g/mol. The number of carbonyl (C=O) groups is 2. The Morgan fingerprint density at radius 3 is 2.34 bits per heavy atom. The minimum atomic E-state index is -0.848. The highest BCUT2D eigenvalue weighted by Crippen LogP contribution is 2.27. The number of amides is 2. The van der Waals surface area contributed by atoms with Gasteiger partial charge in [0.2, 0.25) is 11.8 Å². The third-order valence-electron chi connectivity index (χ3n) is 5.15. The lowest BCUT2D eigenvalue weighted by molar-refractivity contribution is -0.133. The summed E-state index contributed by atoms with van der Waals surface area (Å²) in [6.07, 6.45) is 0. The molecular formula is C25H29ClN4O2. The number of aromatic nitrogens is 2. The maximum absolute atomic E-state index is 12.8. The van der Waals surface area contributed by atoms with Crippen molar-refractivity contribution in [1.82, 2.24) is 14.7 Å². The van der Waals surface area contributed by atoms with E-state index in [1.54, 1.807) is 23.9 Å². The molecular weight excluding hydrogens is 424 g/mol. The van der Waals surface area contributed by atoms with Crippen molar-refractivity contribution in [3.8, 4) is 5.69 Å². The van der Waals surface area contributed by atoms with Crippen molar-refractivity contribution in [3.63, 3.8) is 0 Å². The van der Waals surface area contributed by atoms with E-state index in [1.807, 2.05) is 55.5 Å². The molecule has 0 spiro atoms. The average molecular weight is 453 g/mol. The SMILES string of the molecule is Cc1ccccc1-n1nc(C(C)(C)C)cc1NC(=O)CN(C)C(=O)C(Cl)c1ccccc1. The number of hydrogen-bond acceptors (Lipinski definition) is 3. The lowest BCUT2D eigenvalue weighted by atomic mass is 9.92. The van der Waals surface area contributed by atoms with Crippen LogP contribution in [0.2, 0.25) is 0 Å². The molecule has 1 unspecified atom stereocenters. The van der Waals surface area contributed by atoms with E-state index in [-0.39, 0.29) is 23.8 Å². The van der Waals surface area contributed by atoms with Gasteiger partial charge in [0, 0.05) is 18.5 Å². The first-order valence-corrected chi connectivity index (χ1v) is 10.9. The van der Waals surface area contributed by atoms with Crippen LogP contribution in [0.4, 0.5) is 5.82 Å². The molecule has 1 heterocycles. The summed E-state index contributed by atoms with van der Waals surface area (Å²) in [5.74, 6) is -0.107. The van der Waals surface area contributed by atoms with Crippen molar-refractivity contribution in [3.05, 3.63) is 77.5 Å². The largest absolute Gasteiger partial charge is 0.335 e. The first-order chi connectivity index (χ1) is 15.1. The van der Waals surface area contributed by atoms with Gasteiger partial charge in [0.15, 0.2) is 0 Å². The van der Waals surface area contributed by atoms with Gasteiger partial charge in [-0.1, -0.05) is 69.3 Å². The summed E-state index contributed by atoms with van der Waals surface area (Å²) in [4.78, 5) is 26.9. The van der Waals surface area contributed by atoms with Gasteiger partial charge < -0.3 is 10.2 Å².